The molecule has 1 aromatic carbocycles. The minimum absolute atomic E-state index is 0.00924. The van der Waals surface area contributed by atoms with Gasteiger partial charge in [-0.05, 0) is 44.0 Å². The van der Waals surface area contributed by atoms with E-state index in [2.05, 4.69) is 10.4 Å². The van der Waals surface area contributed by atoms with Crippen LogP contribution in [0.1, 0.15) is 25.0 Å². The smallest absolute Gasteiger partial charge is 0.247 e. The van der Waals surface area contributed by atoms with Gasteiger partial charge in [0, 0.05) is 18.5 Å². The fraction of sp³-hybridized carbons (Fsp3) is 0.353. The lowest BCUT2D eigenvalue weighted by Gasteiger charge is -2.31. The van der Waals surface area contributed by atoms with E-state index in [9.17, 15) is 9.59 Å². The topological polar surface area (TPSA) is 67.2 Å². The van der Waals surface area contributed by atoms with Crippen LogP contribution in [0.25, 0.3) is 5.69 Å². The number of hydrogen-bond acceptors (Lipinski definition) is 3. The molecule has 1 saturated heterocycles. The standard InChI is InChI=1S/C17H19ClN4O2/c1-11-14(10-19-22(11)13-8-6-12(18)7-9-13)20-17(24)15-4-3-5-16(23)21(15)2/h6-10,15H,3-5H2,1-2H3,(H,20,24). The van der Waals surface area contributed by atoms with Gasteiger partial charge < -0.3 is 10.2 Å². The Balaban J connectivity index is 1.77. The number of amides is 2. The molecule has 1 atom stereocenters. The number of likely N-dealkylation sites (N-methyl/N-ethyl adjacent to an activating group) is 1. The largest absolute Gasteiger partial charge is 0.334 e. The van der Waals surface area contributed by atoms with Crippen molar-refractivity contribution in [3.05, 3.63) is 41.2 Å². The molecule has 1 aliphatic heterocycles. The summed E-state index contributed by atoms with van der Waals surface area (Å²) in [6.45, 7) is 1.88. The van der Waals surface area contributed by atoms with Gasteiger partial charge >= 0.3 is 0 Å². The van der Waals surface area contributed by atoms with Crippen molar-refractivity contribution >= 4 is 29.1 Å². The fourth-order valence-corrected chi connectivity index (χ4v) is 3.01. The molecule has 1 fully saturated rings. The number of aromatic nitrogens is 2. The maximum Gasteiger partial charge on any atom is 0.247 e. The Morgan fingerprint density at radius 2 is 2.04 bits per heavy atom. The van der Waals surface area contributed by atoms with Crippen molar-refractivity contribution in [2.75, 3.05) is 12.4 Å². The lowest BCUT2D eigenvalue weighted by molar-refractivity contribution is -0.140. The molecule has 2 heterocycles. The van der Waals surface area contributed by atoms with Crippen molar-refractivity contribution < 1.29 is 9.59 Å². The van der Waals surface area contributed by atoms with Crippen LogP contribution in [0.4, 0.5) is 5.69 Å². The van der Waals surface area contributed by atoms with Crippen LogP contribution < -0.4 is 5.32 Å². The first-order valence-electron chi connectivity index (χ1n) is 7.84. The molecule has 1 N–H and O–H groups in total. The average molecular weight is 347 g/mol. The molecule has 0 radical (unpaired) electrons. The molecular formula is C17H19ClN4O2. The maximum atomic E-state index is 12.5. The Labute approximate surface area is 145 Å². The zero-order chi connectivity index (χ0) is 17.3. The molecule has 6 nitrogen and oxygen atoms in total. The summed E-state index contributed by atoms with van der Waals surface area (Å²) < 4.78 is 1.74. The van der Waals surface area contributed by atoms with Crippen LogP contribution in [-0.2, 0) is 9.59 Å². The van der Waals surface area contributed by atoms with Crippen molar-refractivity contribution in [2.45, 2.75) is 32.2 Å². The molecule has 1 unspecified atom stereocenters. The van der Waals surface area contributed by atoms with Gasteiger partial charge in [-0.1, -0.05) is 11.6 Å². The van der Waals surface area contributed by atoms with Gasteiger partial charge in [-0.3, -0.25) is 9.59 Å². The van der Waals surface area contributed by atoms with E-state index in [1.165, 1.54) is 4.90 Å². The van der Waals surface area contributed by atoms with Gasteiger partial charge in [0.15, 0.2) is 0 Å². The Kier molecular flexibility index (Phi) is 4.57. The minimum Gasteiger partial charge on any atom is -0.334 e. The van der Waals surface area contributed by atoms with Gasteiger partial charge in [-0.25, -0.2) is 4.68 Å². The van der Waals surface area contributed by atoms with Crippen molar-refractivity contribution in [3.8, 4) is 5.69 Å². The predicted molar refractivity (Wildman–Crippen MR) is 92.3 cm³/mol. The van der Waals surface area contributed by atoms with Crippen molar-refractivity contribution in [3.63, 3.8) is 0 Å². The van der Waals surface area contributed by atoms with Gasteiger partial charge in [-0.2, -0.15) is 5.10 Å². The van der Waals surface area contributed by atoms with E-state index in [1.54, 1.807) is 30.1 Å². The summed E-state index contributed by atoms with van der Waals surface area (Å²) in [5.74, 6) is -0.167. The quantitative estimate of drug-likeness (QED) is 0.929. The molecule has 2 amide bonds. The number of nitrogens with zero attached hydrogens (tertiary/aromatic N) is 3. The number of rotatable bonds is 3. The van der Waals surface area contributed by atoms with Gasteiger partial charge in [0.05, 0.1) is 23.3 Å². The van der Waals surface area contributed by atoms with E-state index in [0.717, 1.165) is 17.8 Å². The Bertz CT molecular complexity index is 769. The first kappa shape index (κ1) is 16.5. The number of carbonyl (C=O) groups excluding carboxylic acids is 2. The van der Waals surface area contributed by atoms with Gasteiger partial charge in [-0.15, -0.1) is 0 Å². The van der Waals surface area contributed by atoms with Crippen LogP contribution >= 0.6 is 11.6 Å². The third-order valence-corrected chi connectivity index (χ3v) is 4.62. The summed E-state index contributed by atoms with van der Waals surface area (Å²) >= 11 is 5.91. The number of anilines is 1. The molecule has 1 aromatic heterocycles. The highest BCUT2D eigenvalue weighted by atomic mass is 35.5. The molecule has 2 aromatic rings. The number of carbonyl (C=O) groups is 2. The summed E-state index contributed by atoms with van der Waals surface area (Å²) in [6, 6.07) is 6.88. The molecule has 7 heteroatoms. The van der Waals surface area contributed by atoms with E-state index < -0.39 is 6.04 Å². The van der Waals surface area contributed by atoms with E-state index >= 15 is 0 Å². The molecular weight excluding hydrogens is 328 g/mol. The van der Waals surface area contributed by atoms with Crippen LogP contribution in [0.2, 0.25) is 5.02 Å². The lowest BCUT2D eigenvalue weighted by atomic mass is 10.0. The van der Waals surface area contributed by atoms with Crippen LogP contribution in [0.3, 0.4) is 0 Å². The second-order valence-electron chi connectivity index (χ2n) is 5.93. The SMILES string of the molecule is Cc1c(NC(=O)C2CCCC(=O)N2C)cnn1-c1ccc(Cl)cc1. The van der Waals surface area contributed by atoms with E-state index in [1.807, 2.05) is 19.1 Å². The molecule has 0 aliphatic carbocycles. The molecule has 1 aliphatic rings. The van der Waals surface area contributed by atoms with Crippen molar-refractivity contribution in [1.29, 1.82) is 0 Å². The molecule has 0 spiro atoms. The normalized spacial score (nSPS) is 17.9. The lowest BCUT2D eigenvalue weighted by Crippen LogP contribution is -2.47. The molecule has 0 bridgehead atoms. The van der Waals surface area contributed by atoms with Crippen molar-refractivity contribution in [1.82, 2.24) is 14.7 Å². The van der Waals surface area contributed by atoms with E-state index in [-0.39, 0.29) is 11.8 Å². The van der Waals surface area contributed by atoms with Crippen LogP contribution in [-0.4, -0.2) is 39.6 Å². The number of piperidine rings is 1. The molecule has 24 heavy (non-hydrogen) atoms. The second kappa shape index (κ2) is 6.65. The van der Waals surface area contributed by atoms with Crippen LogP contribution in [0, 0.1) is 6.92 Å². The maximum absolute atomic E-state index is 12.5. The summed E-state index contributed by atoms with van der Waals surface area (Å²) in [7, 11) is 1.68. The van der Waals surface area contributed by atoms with Crippen LogP contribution in [0.15, 0.2) is 30.5 Å². The van der Waals surface area contributed by atoms with Crippen molar-refractivity contribution in [2.24, 2.45) is 0 Å². The van der Waals surface area contributed by atoms with Gasteiger partial charge in [0.25, 0.3) is 0 Å². The van der Waals surface area contributed by atoms with E-state index in [0.29, 0.717) is 23.6 Å². The third-order valence-electron chi connectivity index (χ3n) is 4.37. The molecule has 126 valence electrons. The Morgan fingerprint density at radius 3 is 2.75 bits per heavy atom. The number of benzene rings is 1. The summed E-state index contributed by atoms with van der Waals surface area (Å²) in [5, 5.41) is 7.87. The predicted octanol–water partition coefficient (Wildman–Crippen LogP) is 2.78. The number of hydrogen-bond donors (Lipinski definition) is 1. The number of nitrogens with one attached hydrogen (secondary N) is 1. The summed E-state index contributed by atoms with van der Waals surface area (Å²) in [4.78, 5) is 25.8. The zero-order valence-electron chi connectivity index (χ0n) is 13.6. The summed E-state index contributed by atoms with van der Waals surface area (Å²) in [6.07, 6.45) is 3.54. The third kappa shape index (κ3) is 3.14. The highest BCUT2D eigenvalue weighted by molar-refractivity contribution is 6.30. The summed E-state index contributed by atoms with van der Waals surface area (Å²) in [5.41, 5.74) is 2.32. The average Bonchev–Trinajstić information content (AvgIpc) is 2.92. The second-order valence-corrected chi connectivity index (χ2v) is 6.37. The van der Waals surface area contributed by atoms with Crippen LogP contribution in [0.5, 0.6) is 0 Å². The highest BCUT2D eigenvalue weighted by Gasteiger charge is 2.30. The van der Waals surface area contributed by atoms with Gasteiger partial charge in [0.1, 0.15) is 6.04 Å². The van der Waals surface area contributed by atoms with Gasteiger partial charge in [0.2, 0.25) is 11.8 Å². The Morgan fingerprint density at radius 1 is 1.33 bits per heavy atom. The Hall–Kier alpha value is -2.34. The first-order chi connectivity index (χ1) is 11.5. The number of halogens is 1. The zero-order valence-corrected chi connectivity index (χ0v) is 14.4. The fourth-order valence-electron chi connectivity index (χ4n) is 2.89. The van der Waals surface area contributed by atoms with E-state index in [4.69, 9.17) is 11.6 Å². The first-order valence-corrected chi connectivity index (χ1v) is 8.22. The minimum atomic E-state index is -0.426. The highest BCUT2D eigenvalue weighted by Crippen LogP contribution is 2.22. The monoisotopic (exact) mass is 346 g/mol. The molecule has 0 saturated carbocycles. The number of likely N-dealkylation sites (tertiary alicyclic amines) is 1. The molecule has 3 rings (SSSR count).